The van der Waals surface area contributed by atoms with Crippen LogP contribution in [0.25, 0.3) is 16.7 Å². The number of benzene rings is 4. The second-order valence-electron chi connectivity index (χ2n) is 7.86. The molecular formula is C28H24N4O2. The van der Waals surface area contributed by atoms with Gasteiger partial charge in [-0.15, -0.1) is 10.2 Å². The average Bonchev–Trinajstić information content (AvgIpc) is 3.30. The maximum absolute atomic E-state index is 13.4. The molecule has 0 saturated heterocycles. The molecule has 1 N–H and O–H groups in total. The van der Waals surface area contributed by atoms with E-state index >= 15 is 0 Å². The number of hydrogen-bond donors (Lipinski definition) is 1. The lowest BCUT2D eigenvalue weighted by Gasteiger charge is -2.18. The Morgan fingerprint density at radius 3 is 2.06 bits per heavy atom. The lowest BCUT2D eigenvalue weighted by atomic mass is 9.90. The normalized spacial score (nSPS) is 11.0. The van der Waals surface area contributed by atoms with Crippen molar-refractivity contribution in [3.8, 4) is 11.4 Å². The van der Waals surface area contributed by atoms with Gasteiger partial charge in [-0.3, -0.25) is 4.79 Å². The molecule has 0 atom stereocenters. The van der Waals surface area contributed by atoms with Crippen LogP contribution in [-0.2, 0) is 4.79 Å². The Hall–Kier alpha value is -4.45. The van der Waals surface area contributed by atoms with Gasteiger partial charge >= 0.3 is 0 Å². The van der Waals surface area contributed by atoms with E-state index in [9.17, 15) is 4.79 Å². The molecule has 0 fully saturated rings. The van der Waals surface area contributed by atoms with E-state index in [1.165, 1.54) is 0 Å². The number of carbonyl (C=O) groups excluding carboxylic acids is 1. The summed E-state index contributed by atoms with van der Waals surface area (Å²) in [5.41, 5.74) is 4.83. The first-order chi connectivity index (χ1) is 16.7. The Balaban J connectivity index is 1.41. The third-order valence-electron chi connectivity index (χ3n) is 5.55. The van der Waals surface area contributed by atoms with E-state index in [1.807, 2.05) is 110 Å². The Morgan fingerprint density at radius 1 is 0.824 bits per heavy atom. The fraction of sp³-hybridized carbons (Fsp3) is 0.107. The molecule has 0 unspecified atom stereocenters. The zero-order valence-corrected chi connectivity index (χ0v) is 18.8. The lowest BCUT2D eigenvalue weighted by Crippen LogP contribution is -2.22. The Morgan fingerprint density at radius 2 is 1.44 bits per heavy atom. The van der Waals surface area contributed by atoms with Gasteiger partial charge in [0.2, 0.25) is 5.91 Å². The first-order valence-corrected chi connectivity index (χ1v) is 11.2. The standard InChI is InChI=1S/C28H24N4O2/c1-2-34-24-16-14-23(15-17-24)32-30-25-18-13-22(19-26(25)31-32)29-28(33)27(20-9-5-3-6-10-20)21-11-7-4-8-12-21/h3-19,27H,2H2,1H3,(H,29,33). The van der Waals surface area contributed by atoms with E-state index in [-0.39, 0.29) is 5.91 Å². The molecule has 34 heavy (non-hydrogen) atoms. The molecule has 0 bridgehead atoms. The minimum atomic E-state index is -0.419. The Kier molecular flexibility index (Phi) is 6.03. The summed E-state index contributed by atoms with van der Waals surface area (Å²) in [6.45, 7) is 2.57. The molecule has 1 aromatic heterocycles. The third kappa shape index (κ3) is 4.52. The average molecular weight is 449 g/mol. The third-order valence-corrected chi connectivity index (χ3v) is 5.55. The van der Waals surface area contributed by atoms with E-state index in [4.69, 9.17) is 4.74 Å². The molecule has 0 aliphatic carbocycles. The number of ether oxygens (including phenoxy) is 1. The number of fused-ring (bicyclic) bond motifs is 1. The summed E-state index contributed by atoms with van der Waals surface area (Å²) in [5, 5.41) is 12.2. The summed E-state index contributed by atoms with van der Waals surface area (Å²) in [7, 11) is 0. The molecular weight excluding hydrogens is 424 g/mol. The quantitative estimate of drug-likeness (QED) is 0.352. The number of hydrogen-bond acceptors (Lipinski definition) is 4. The number of nitrogens with one attached hydrogen (secondary N) is 1. The number of amides is 1. The van der Waals surface area contributed by atoms with E-state index in [2.05, 4.69) is 15.5 Å². The largest absolute Gasteiger partial charge is 0.494 e. The van der Waals surface area contributed by atoms with Gasteiger partial charge in [-0.05, 0) is 60.5 Å². The van der Waals surface area contributed by atoms with Gasteiger partial charge in [-0.2, -0.15) is 4.80 Å². The molecule has 4 aromatic carbocycles. The number of carbonyl (C=O) groups is 1. The highest BCUT2D eigenvalue weighted by Gasteiger charge is 2.23. The Labute approximate surface area is 197 Å². The van der Waals surface area contributed by atoms with Crippen LogP contribution in [0.3, 0.4) is 0 Å². The van der Waals surface area contributed by atoms with Crippen LogP contribution in [0, 0.1) is 0 Å². The smallest absolute Gasteiger partial charge is 0.236 e. The molecule has 0 aliphatic heterocycles. The lowest BCUT2D eigenvalue weighted by molar-refractivity contribution is -0.116. The molecule has 0 spiro atoms. The van der Waals surface area contributed by atoms with Crippen LogP contribution in [0.5, 0.6) is 5.75 Å². The van der Waals surface area contributed by atoms with Crippen LogP contribution < -0.4 is 10.1 Å². The monoisotopic (exact) mass is 448 g/mol. The van der Waals surface area contributed by atoms with Gasteiger partial charge in [0.05, 0.1) is 18.2 Å². The van der Waals surface area contributed by atoms with Gasteiger partial charge in [0.1, 0.15) is 16.8 Å². The molecule has 5 rings (SSSR count). The van der Waals surface area contributed by atoms with Gasteiger partial charge in [0.25, 0.3) is 0 Å². The van der Waals surface area contributed by atoms with Crippen molar-refractivity contribution in [1.82, 2.24) is 15.0 Å². The van der Waals surface area contributed by atoms with Gasteiger partial charge in [0, 0.05) is 5.69 Å². The molecule has 5 aromatic rings. The maximum atomic E-state index is 13.4. The van der Waals surface area contributed by atoms with E-state index < -0.39 is 5.92 Å². The summed E-state index contributed by atoms with van der Waals surface area (Å²) in [5.74, 6) is 0.285. The molecule has 168 valence electrons. The van der Waals surface area contributed by atoms with Crippen LogP contribution in [0.1, 0.15) is 24.0 Å². The first kappa shape index (κ1) is 21.4. The highest BCUT2D eigenvalue weighted by molar-refractivity contribution is 5.99. The topological polar surface area (TPSA) is 69.0 Å². The fourth-order valence-electron chi connectivity index (χ4n) is 3.95. The maximum Gasteiger partial charge on any atom is 0.236 e. The van der Waals surface area contributed by atoms with Crippen molar-refractivity contribution in [3.63, 3.8) is 0 Å². The molecule has 0 saturated carbocycles. The van der Waals surface area contributed by atoms with Crippen molar-refractivity contribution in [2.24, 2.45) is 0 Å². The molecule has 6 heteroatoms. The predicted molar refractivity (Wildman–Crippen MR) is 133 cm³/mol. The van der Waals surface area contributed by atoms with Gasteiger partial charge < -0.3 is 10.1 Å². The van der Waals surface area contributed by atoms with Gasteiger partial charge in [0.15, 0.2) is 0 Å². The van der Waals surface area contributed by atoms with Crippen LogP contribution in [0.15, 0.2) is 103 Å². The first-order valence-electron chi connectivity index (χ1n) is 11.2. The van der Waals surface area contributed by atoms with E-state index in [0.717, 1.165) is 28.1 Å². The van der Waals surface area contributed by atoms with E-state index in [0.29, 0.717) is 17.8 Å². The van der Waals surface area contributed by atoms with Crippen LogP contribution in [0.4, 0.5) is 5.69 Å². The summed E-state index contributed by atoms with van der Waals surface area (Å²) >= 11 is 0. The fourth-order valence-corrected chi connectivity index (χ4v) is 3.95. The Bertz CT molecular complexity index is 1360. The van der Waals surface area contributed by atoms with E-state index in [1.54, 1.807) is 4.80 Å². The summed E-state index contributed by atoms with van der Waals surface area (Å²) in [4.78, 5) is 15.0. The summed E-state index contributed by atoms with van der Waals surface area (Å²) < 4.78 is 5.50. The molecule has 1 heterocycles. The highest BCUT2D eigenvalue weighted by Crippen LogP contribution is 2.27. The number of rotatable bonds is 7. The van der Waals surface area contributed by atoms with Crippen molar-refractivity contribution in [2.75, 3.05) is 11.9 Å². The summed E-state index contributed by atoms with van der Waals surface area (Å²) in [6, 6.07) is 32.8. The summed E-state index contributed by atoms with van der Waals surface area (Å²) in [6.07, 6.45) is 0. The van der Waals surface area contributed by atoms with Crippen molar-refractivity contribution in [3.05, 3.63) is 114 Å². The number of nitrogens with zero attached hydrogens (tertiary/aromatic N) is 3. The number of anilines is 1. The minimum Gasteiger partial charge on any atom is -0.494 e. The van der Waals surface area contributed by atoms with Crippen molar-refractivity contribution in [2.45, 2.75) is 12.8 Å². The van der Waals surface area contributed by atoms with Crippen molar-refractivity contribution >= 4 is 22.6 Å². The second kappa shape index (κ2) is 9.58. The van der Waals surface area contributed by atoms with Crippen molar-refractivity contribution in [1.29, 1.82) is 0 Å². The molecule has 0 radical (unpaired) electrons. The zero-order valence-electron chi connectivity index (χ0n) is 18.8. The van der Waals surface area contributed by atoms with Crippen LogP contribution in [0.2, 0.25) is 0 Å². The van der Waals surface area contributed by atoms with Crippen molar-refractivity contribution < 1.29 is 9.53 Å². The van der Waals surface area contributed by atoms with Crippen LogP contribution in [-0.4, -0.2) is 27.5 Å². The van der Waals surface area contributed by atoms with Gasteiger partial charge in [-0.1, -0.05) is 60.7 Å². The molecule has 1 amide bonds. The minimum absolute atomic E-state index is 0.101. The molecule has 0 aliphatic rings. The zero-order chi connectivity index (χ0) is 23.3. The van der Waals surface area contributed by atoms with Gasteiger partial charge in [-0.25, -0.2) is 0 Å². The SMILES string of the molecule is CCOc1ccc(-n2nc3ccc(NC(=O)C(c4ccccc4)c4ccccc4)cc3n2)cc1. The van der Waals surface area contributed by atoms with Crippen LogP contribution >= 0.6 is 0 Å². The number of aromatic nitrogens is 3. The second-order valence-corrected chi connectivity index (χ2v) is 7.86. The predicted octanol–water partition coefficient (Wildman–Crippen LogP) is 5.59. The molecule has 6 nitrogen and oxygen atoms in total. The highest BCUT2D eigenvalue weighted by atomic mass is 16.5.